The lowest BCUT2D eigenvalue weighted by molar-refractivity contribution is -0.161. The molecule has 442 valence electrons. The molecule has 0 aliphatic rings. The topological polar surface area (TPSA) is 134 Å². The molecule has 0 radical (unpaired) electrons. The highest BCUT2D eigenvalue weighted by Crippen LogP contribution is 2.43. The third-order valence-electron chi connectivity index (χ3n) is 15.2. The normalized spacial score (nSPS) is 12.9. The number of ether oxygens (including phenoxy) is 2. The predicted molar refractivity (Wildman–Crippen MR) is 317 cm³/mol. The molecule has 0 spiro atoms. The van der Waals surface area contributed by atoms with E-state index in [1.54, 1.807) is 0 Å². The first-order chi connectivity index (χ1) is 36.3. The molecule has 0 heterocycles. The van der Waals surface area contributed by atoms with Crippen LogP contribution in [-0.2, 0) is 32.7 Å². The van der Waals surface area contributed by atoms with Crippen LogP contribution in [0.1, 0.15) is 367 Å². The summed E-state index contributed by atoms with van der Waals surface area (Å²) in [7, 11) is -4.38. The molecule has 0 fully saturated rings. The fourth-order valence-corrected chi connectivity index (χ4v) is 11.1. The lowest BCUT2D eigenvalue weighted by atomic mass is 10.0. The number of phosphoric acid groups is 1. The third-order valence-corrected chi connectivity index (χ3v) is 16.2. The van der Waals surface area contributed by atoms with Gasteiger partial charge in [-0.05, 0) is 12.8 Å². The van der Waals surface area contributed by atoms with E-state index in [-0.39, 0.29) is 32.1 Å². The Kier molecular flexibility index (Phi) is 60.4. The minimum atomic E-state index is -4.38. The minimum absolute atomic E-state index is 0.0587. The molecule has 0 aliphatic heterocycles. The van der Waals surface area contributed by atoms with Crippen molar-refractivity contribution in [3.63, 3.8) is 0 Å². The summed E-state index contributed by atoms with van der Waals surface area (Å²) in [5, 5.41) is 0. The Labute approximate surface area is 460 Å². The number of hydrogen-bond donors (Lipinski definition) is 2. The van der Waals surface area contributed by atoms with E-state index in [0.717, 1.165) is 32.1 Å². The lowest BCUT2D eigenvalue weighted by Crippen LogP contribution is -2.29. The zero-order valence-electron chi connectivity index (χ0n) is 49.6. The maximum absolute atomic E-state index is 12.7. The van der Waals surface area contributed by atoms with Gasteiger partial charge in [-0.25, -0.2) is 4.57 Å². The molecule has 9 nitrogen and oxygen atoms in total. The molecule has 0 aliphatic carbocycles. The van der Waals surface area contributed by atoms with Gasteiger partial charge in [-0.2, -0.15) is 0 Å². The fraction of sp³-hybridized carbons (Fsp3) is 0.969. The van der Waals surface area contributed by atoms with Crippen molar-refractivity contribution in [2.45, 2.75) is 373 Å². The zero-order valence-corrected chi connectivity index (χ0v) is 50.5. The molecular weight excluding hydrogens is 942 g/mol. The molecule has 10 heteroatoms. The van der Waals surface area contributed by atoms with Gasteiger partial charge in [0, 0.05) is 19.4 Å². The molecule has 0 aromatic rings. The number of phosphoric ester groups is 1. The largest absolute Gasteiger partial charge is 0.472 e. The van der Waals surface area contributed by atoms with Gasteiger partial charge in [-0.15, -0.1) is 0 Å². The van der Waals surface area contributed by atoms with Gasteiger partial charge in [-0.3, -0.25) is 18.6 Å². The smallest absolute Gasteiger partial charge is 0.462 e. The van der Waals surface area contributed by atoms with Gasteiger partial charge in [0.25, 0.3) is 0 Å². The Hall–Kier alpha value is -0.990. The van der Waals surface area contributed by atoms with Crippen LogP contribution in [0, 0.1) is 0 Å². The highest BCUT2D eigenvalue weighted by atomic mass is 31.2. The standard InChI is InChI=1S/C64H128NO8P/c1-3-5-7-9-11-13-15-17-19-21-23-25-27-28-29-30-31-32-33-34-35-37-39-41-43-45-47-49-51-53-55-57-64(67)73-62(61-72-74(68,69)71-59-58-65)60-70-63(66)56-54-52-50-48-46-44-42-40-38-36-26-24-22-20-18-16-14-12-10-8-6-4-2/h62H,3-61,65H2,1-2H3,(H,68,69). The number of carbonyl (C=O) groups is 2. The van der Waals surface area contributed by atoms with Gasteiger partial charge in [0.05, 0.1) is 13.2 Å². The molecule has 2 unspecified atom stereocenters. The van der Waals surface area contributed by atoms with Crippen molar-refractivity contribution in [1.82, 2.24) is 0 Å². The summed E-state index contributed by atoms with van der Waals surface area (Å²) in [6.45, 7) is 3.84. The quantitative estimate of drug-likeness (QED) is 0.0347. The summed E-state index contributed by atoms with van der Waals surface area (Å²) < 4.78 is 33.1. The molecule has 0 saturated heterocycles. The van der Waals surface area contributed by atoms with Crippen molar-refractivity contribution in [3.05, 3.63) is 0 Å². The van der Waals surface area contributed by atoms with Crippen LogP contribution in [0.5, 0.6) is 0 Å². The second-order valence-electron chi connectivity index (χ2n) is 22.7. The van der Waals surface area contributed by atoms with Crippen LogP contribution < -0.4 is 5.73 Å². The van der Waals surface area contributed by atoms with Gasteiger partial charge in [0.15, 0.2) is 6.10 Å². The molecule has 0 aromatic carbocycles. The Morgan fingerprint density at radius 2 is 0.581 bits per heavy atom. The first-order valence-electron chi connectivity index (χ1n) is 33.0. The lowest BCUT2D eigenvalue weighted by Gasteiger charge is -2.19. The van der Waals surface area contributed by atoms with Crippen LogP contribution in [0.4, 0.5) is 0 Å². The van der Waals surface area contributed by atoms with Crippen LogP contribution in [0.2, 0.25) is 0 Å². The minimum Gasteiger partial charge on any atom is -0.462 e. The number of hydrogen-bond acceptors (Lipinski definition) is 8. The van der Waals surface area contributed by atoms with Crippen molar-refractivity contribution < 1.29 is 37.6 Å². The maximum atomic E-state index is 12.7. The molecule has 3 N–H and O–H groups in total. The molecular formula is C64H128NO8P. The van der Waals surface area contributed by atoms with E-state index < -0.39 is 26.5 Å². The summed E-state index contributed by atoms with van der Waals surface area (Å²) in [4.78, 5) is 35.3. The van der Waals surface area contributed by atoms with E-state index >= 15 is 0 Å². The number of rotatable bonds is 64. The second-order valence-corrected chi connectivity index (χ2v) is 24.2. The monoisotopic (exact) mass is 1070 g/mol. The van der Waals surface area contributed by atoms with Crippen LogP contribution >= 0.6 is 7.82 Å². The number of nitrogens with two attached hydrogens (primary N) is 1. The van der Waals surface area contributed by atoms with Gasteiger partial charge >= 0.3 is 19.8 Å². The summed E-state index contributed by atoms with van der Waals surface area (Å²) >= 11 is 0. The van der Waals surface area contributed by atoms with Crippen LogP contribution in [0.15, 0.2) is 0 Å². The van der Waals surface area contributed by atoms with Gasteiger partial charge in [-0.1, -0.05) is 341 Å². The Balaban J connectivity index is 3.81. The predicted octanol–water partition coefficient (Wildman–Crippen LogP) is 21.0. The van der Waals surface area contributed by atoms with E-state index in [1.807, 2.05) is 0 Å². The highest BCUT2D eigenvalue weighted by Gasteiger charge is 2.26. The molecule has 0 aromatic heterocycles. The molecule has 0 rings (SSSR count). The van der Waals surface area contributed by atoms with Crippen molar-refractivity contribution in [3.8, 4) is 0 Å². The van der Waals surface area contributed by atoms with Gasteiger partial charge in [0.1, 0.15) is 6.61 Å². The number of esters is 2. The molecule has 0 amide bonds. The highest BCUT2D eigenvalue weighted by molar-refractivity contribution is 7.47. The van der Waals surface area contributed by atoms with Crippen molar-refractivity contribution in [2.24, 2.45) is 5.73 Å². The fourth-order valence-electron chi connectivity index (χ4n) is 10.3. The molecule has 2 atom stereocenters. The van der Waals surface area contributed by atoms with E-state index in [2.05, 4.69) is 13.8 Å². The number of unbranched alkanes of at least 4 members (excludes halogenated alkanes) is 51. The van der Waals surface area contributed by atoms with Crippen molar-refractivity contribution >= 4 is 19.8 Å². The molecule has 0 saturated carbocycles. The van der Waals surface area contributed by atoms with Gasteiger partial charge in [0.2, 0.25) is 0 Å². The van der Waals surface area contributed by atoms with Crippen molar-refractivity contribution in [1.29, 1.82) is 0 Å². The molecule has 74 heavy (non-hydrogen) atoms. The van der Waals surface area contributed by atoms with Crippen molar-refractivity contribution in [2.75, 3.05) is 26.4 Å². The second kappa shape index (κ2) is 61.2. The summed E-state index contributed by atoms with van der Waals surface area (Å²) in [6, 6.07) is 0. The number of carbonyl (C=O) groups excluding carboxylic acids is 2. The van der Waals surface area contributed by atoms with E-state index in [1.165, 1.54) is 302 Å². The average molecular weight is 1070 g/mol. The first-order valence-corrected chi connectivity index (χ1v) is 34.5. The van der Waals surface area contributed by atoms with Gasteiger partial charge < -0.3 is 20.1 Å². The van der Waals surface area contributed by atoms with Crippen LogP contribution in [-0.4, -0.2) is 49.3 Å². The van der Waals surface area contributed by atoms with Crippen LogP contribution in [0.25, 0.3) is 0 Å². The van der Waals surface area contributed by atoms with Crippen LogP contribution in [0.3, 0.4) is 0 Å². The van der Waals surface area contributed by atoms with E-state index in [0.29, 0.717) is 12.8 Å². The SMILES string of the molecule is CCCCCCCCCCCCCCCCCCCCCCCCCCCCCCCCCC(=O)OC(COC(=O)CCCCCCCCCCCCCCCCCCCCCCCC)COP(=O)(O)OCCN. The first kappa shape index (κ1) is 73.0. The average Bonchev–Trinajstić information content (AvgIpc) is 3.39. The Morgan fingerprint density at radius 1 is 0.351 bits per heavy atom. The zero-order chi connectivity index (χ0) is 53.8. The Morgan fingerprint density at radius 3 is 0.824 bits per heavy atom. The summed E-state index contributed by atoms with van der Waals surface area (Å²) in [6.07, 6.45) is 70.5. The summed E-state index contributed by atoms with van der Waals surface area (Å²) in [5.74, 6) is -0.799. The van der Waals surface area contributed by atoms with E-state index in [9.17, 15) is 19.0 Å². The maximum Gasteiger partial charge on any atom is 0.472 e. The Bertz CT molecular complexity index is 1170. The third kappa shape index (κ3) is 60.2. The summed E-state index contributed by atoms with van der Waals surface area (Å²) in [5.41, 5.74) is 5.40. The van der Waals surface area contributed by atoms with E-state index in [4.69, 9.17) is 24.3 Å². The molecule has 0 bridgehead atoms.